The molecule has 1 heterocycles. The minimum absolute atomic E-state index is 0.193. The summed E-state index contributed by atoms with van der Waals surface area (Å²) < 4.78 is 12.2. The van der Waals surface area contributed by atoms with Crippen LogP contribution < -0.4 is 0 Å². The smallest absolute Gasteiger partial charge is 0.145 e. The zero-order valence-electron chi connectivity index (χ0n) is 30.6. The van der Waals surface area contributed by atoms with Crippen molar-refractivity contribution in [3.63, 3.8) is 0 Å². The summed E-state index contributed by atoms with van der Waals surface area (Å²) in [4.78, 5) is 10.9. The Kier molecular flexibility index (Phi) is 23.5. The van der Waals surface area contributed by atoms with Gasteiger partial charge >= 0.3 is 0 Å². The highest BCUT2D eigenvalue weighted by atomic mass is 16.5. The van der Waals surface area contributed by atoms with Crippen LogP contribution in [0.2, 0.25) is 0 Å². The first-order chi connectivity index (χ1) is 20.9. The predicted molar refractivity (Wildman–Crippen MR) is 191 cm³/mol. The quantitative estimate of drug-likeness (QED) is 0.0680. The van der Waals surface area contributed by atoms with Gasteiger partial charge < -0.3 is 14.6 Å². The van der Waals surface area contributed by atoms with Gasteiger partial charge in [0.25, 0.3) is 0 Å². The van der Waals surface area contributed by atoms with Gasteiger partial charge in [-0.2, -0.15) is 0 Å². The third-order valence-corrected chi connectivity index (χ3v) is 9.10. The van der Waals surface area contributed by atoms with Gasteiger partial charge in [-0.15, -0.1) is 0 Å². The van der Waals surface area contributed by atoms with Crippen LogP contribution in [-0.4, -0.2) is 42.9 Å². The Morgan fingerprint density at radius 1 is 1.07 bits per heavy atom. The number of carbonyl (C=O) groups is 1. The summed E-state index contributed by atoms with van der Waals surface area (Å²) in [6.45, 7) is 23.2. The molecule has 0 radical (unpaired) electrons. The first-order valence-electron chi connectivity index (χ1n) is 17.6. The average molecular weight is 615 g/mol. The Bertz CT molecular complexity index is 910. The molecule has 1 aliphatic heterocycles. The van der Waals surface area contributed by atoms with E-state index in [1.54, 1.807) is 0 Å². The fourth-order valence-corrected chi connectivity index (χ4v) is 6.46. The van der Waals surface area contributed by atoms with Crippen molar-refractivity contribution in [1.29, 1.82) is 0 Å². The summed E-state index contributed by atoms with van der Waals surface area (Å²) in [5.41, 5.74) is 3.12. The number of hydrogen-bond acceptors (Lipinski definition) is 4. The molecule has 0 aromatic carbocycles. The number of aldehydes is 1. The van der Waals surface area contributed by atoms with Gasteiger partial charge in [0.2, 0.25) is 0 Å². The van der Waals surface area contributed by atoms with Crippen molar-refractivity contribution in [3.05, 3.63) is 59.3 Å². The van der Waals surface area contributed by atoms with Crippen LogP contribution in [0, 0.1) is 29.6 Å². The minimum atomic E-state index is -0.339. The maximum atomic E-state index is 11.2. The topological polar surface area (TPSA) is 55.8 Å². The molecule has 44 heavy (non-hydrogen) atoms. The molecule has 1 aliphatic rings. The van der Waals surface area contributed by atoms with E-state index in [4.69, 9.17) is 9.47 Å². The molecule has 1 fully saturated rings. The Labute approximate surface area is 273 Å². The highest BCUT2D eigenvalue weighted by molar-refractivity contribution is 5.73. The largest absolute Gasteiger partial charge is 0.393 e. The van der Waals surface area contributed by atoms with Gasteiger partial charge in [-0.3, -0.25) is 4.79 Å². The molecule has 6 unspecified atom stereocenters. The summed E-state index contributed by atoms with van der Waals surface area (Å²) in [6, 6.07) is 0. The zero-order valence-corrected chi connectivity index (χ0v) is 30.6. The van der Waals surface area contributed by atoms with Crippen LogP contribution >= 0.6 is 0 Å². The lowest BCUT2D eigenvalue weighted by Crippen LogP contribution is -2.33. The summed E-state index contributed by atoms with van der Waals surface area (Å²) >= 11 is 0. The van der Waals surface area contributed by atoms with Crippen molar-refractivity contribution >= 4 is 6.29 Å². The normalized spacial score (nSPS) is 24.4. The van der Waals surface area contributed by atoms with Crippen LogP contribution in [0.3, 0.4) is 0 Å². The lowest BCUT2D eigenvalue weighted by atomic mass is 9.81. The van der Waals surface area contributed by atoms with Crippen molar-refractivity contribution in [2.45, 2.75) is 152 Å². The summed E-state index contributed by atoms with van der Waals surface area (Å²) in [5.74, 6) is 1.86. The molecule has 4 heteroatoms. The van der Waals surface area contributed by atoms with Crippen molar-refractivity contribution in [1.82, 2.24) is 0 Å². The van der Waals surface area contributed by atoms with E-state index >= 15 is 0 Å². The van der Waals surface area contributed by atoms with Crippen LogP contribution in [-0.2, 0) is 14.3 Å². The number of hydrogen-bond donors (Lipinski definition) is 1. The molecule has 254 valence electrons. The summed E-state index contributed by atoms with van der Waals surface area (Å²) in [7, 11) is 1.82. The fraction of sp³-hybridized carbons (Fsp3) is 0.725. The molecular weight excluding hydrogens is 544 g/mol. The second kappa shape index (κ2) is 24.5. The highest BCUT2D eigenvalue weighted by Crippen LogP contribution is 2.30. The maximum absolute atomic E-state index is 11.2. The molecule has 0 aromatic rings. The molecule has 0 aromatic heterocycles. The molecule has 1 N–H and O–H groups in total. The van der Waals surface area contributed by atoms with Crippen LogP contribution in [0.4, 0.5) is 0 Å². The van der Waals surface area contributed by atoms with Crippen molar-refractivity contribution in [2.24, 2.45) is 29.6 Å². The summed E-state index contributed by atoms with van der Waals surface area (Å²) in [5, 5.41) is 11.2. The maximum Gasteiger partial charge on any atom is 0.145 e. The van der Waals surface area contributed by atoms with E-state index < -0.39 is 0 Å². The molecule has 0 bridgehead atoms. The molecular formula is C40H70O4. The second-order valence-electron chi connectivity index (χ2n) is 13.3. The first-order valence-corrected chi connectivity index (χ1v) is 17.6. The highest BCUT2D eigenvalue weighted by Gasteiger charge is 2.28. The standard InChI is InChI=1S/C38H64O4.C2H6/c1-11-15-37-32(8)19-21-35(42-37)20-18-31(7)36(41-10)17-14-13-16-27(3)24-33(9)38(40)34(12-2)25-29(5)22-28(4)23-30(6)26-39;1-2/h11,13-16,22-23,26,29,31-38,40H,12,17-21,24-25H2,1-10H3;1-2H3/b14-13+,15-11+,27-16+,28-22+,30-23+;/t29?,31?,32?,33-,34-,35?,36?,37-,38?;/m1./s1. The lowest BCUT2D eigenvalue weighted by Gasteiger charge is -2.34. The van der Waals surface area contributed by atoms with Crippen molar-refractivity contribution in [3.8, 4) is 0 Å². The Hall–Kier alpha value is -1.75. The van der Waals surface area contributed by atoms with E-state index in [2.05, 4.69) is 84.9 Å². The first kappa shape index (κ1) is 42.2. The van der Waals surface area contributed by atoms with Crippen molar-refractivity contribution in [2.75, 3.05) is 7.11 Å². The SMILES string of the molecule is C/C=C/[C@H]1OC(CCC(C)C(C/C=C/C=C(\C)C[C@@H](C)C(O)[C@H](CC)CC(C)/C=C(C)/C=C(\C)C=O)OC)CCC1C.CC. The van der Waals surface area contributed by atoms with E-state index in [1.165, 1.54) is 12.0 Å². The van der Waals surface area contributed by atoms with Gasteiger partial charge in [0.15, 0.2) is 0 Å². The number of aliphatic hydroxyl groups excluding tert-OH is 1. The number of rotatable bonds is 19. The monoisotopic (exact) mass is 615 g/mol. The molecule has 1 rings (SSSR count). The van der Waals surface area contributed by atoms with Gasteiger partial charge in [-0.05, 0) is 108 Å². The second-order valence-corrected chi connectivity index (χ2v) is 13.3. The fourth-order valence-electron chi connectivity index (χ4n) is 6.46. The summed E-state index contributed by atoms with van der Waals surface area (Å²) in [6.07, 6.45) is 24.7. The van der Waals surface area contributed by atoms with Crippen LogP contribution in [0.5, 0.6) is 0 Å². The molecule has 0 amide bonds. The number of ether oxygens (including phenoxy) is 2. The Morgan fingerprint density at radius 3 is 2.34 bits per heavy atom. The van der Waals surface area contributed by atoms with E-state index in [0.717, 1.165) is 62.4 Å². The van der Waals surface area contributed by atoms with E-state index in [1.807, 2.05) is 40.9 Å². The van der Waals surface area contributed by atoms with E-state index in [9.17, 15) is 9.90 Å². The van der Waals surface area contributed by atoms with Crippen LogP contribution in [0.15, 0.2) is 59.3 Å². The van der Waals surface area contributed by atoms with Crippen LogP contribution in [0.25, 0.3) is 0 Å². The average Bonchev–Trinajstić information content (AvgIpc) is 3.00. The Morgan fingerprint density at radius 2 is 1.75 bits per heavy atom. The third-order valence-electron chi connectivity index (χ3n) is 9.10. The zero-order chi connectivity index (χ0) is 33.7. The molecule has 0 aliphatic carbocycles. The number of aliphatic hydroxyl groups is 1. The Balaban J connectivity index is 0.00000904. The molecule has 4 nitrogen and oxygen atoms in total. The van der Waals surface area contributed by atoms with Gasteiger partial charge in [-0.1, -0.05) is 109 Å². The van der Waals surface area contributed by atoms with Gasteiger partial charge in [0.1, 0.15) is 6.29 Å². The lowest BCUT2D eigenvalue weighted by molar-refractivity contribution is -0.104. The van der Waals surface area contributed by atoms with Crippen molar-refractivity contribution < 1.29 is 19.4 Å². The number of allylic oxidation sites excluding steroid dienone is 8. The van der Waals surface area contributed by atoms with Gasteiger partial charge in [0, 0.05) is 7.11 Å². The predicted octanol–water partition coefficient (Wildman–Crippen LogP) is 10.6. The molecule has 9 atom stereocenters. The third kappa shape index (κ3) is 17.1. The number of methoxy groups -OCH3 is 1. The van der Waals surface area contributed by atoms with Gasteiger partial charge in [0.05, 0.1) is 24.4 Å². The molecule has 0 saturated carbocycles. The van der Waals surface area contributed by atoms with E-state index in [0.29, 0.717) is 23.9 Å². The molecule has 1 saturated heterocycles. The van der Waals surface area contributed by atoms with Crippen LogP contribution in [0.1, 0.15) is 128 Å². The van der Waals surface area contributed by atoms with Gasteiger partial charge in [-0.25, -0.2) is 0 Å². The number of carbonyl (C=O) groups excluding carboxylic acids is 1. The van der Waals surface area contributed by atoms with E-state index in [-0.39, 0.29) is 30.1 Å². The molecule has 0 spiro atoms. The minimum Gasteiger partial charge on any atom is -0.393 e.